The number of nitro groups is 1. The molecule has 0 atom stereocenters. The maximum absolute atomic E-state index is 11.4. The molecule has 0 aromatic carbocycles. The molecule has 8 nitrogen and oxygen atoms in total. The van der Waals surface area contributed by atoms with Gasteiger partial charge in [0.1, 0.15) is 6.20 Å². The van der Waals surface area contributed by atoms with Gasteiger partial charge in [0.15, 0.2) is 0 Å². The third-order valence-corrected chi connectivity index (χ3v) is 2.78. The van der Waals surface area contributed by atoms with E-state index < -0.39 is 4.92 Å². The lowest BCUT2D eigenvalue weighted by Crippen LogP contribution is -2.30. The lowest BCUT2D eigenvalue weighted by atomic mass is 10.4. The fraction of sp³-hybridized carbons (Fsp3) is 0.500. The number of hydrogen-bond acceptors (Lipinski definition) is 6. The van der Waals surface area contributed by atoms with Crippen molar-refractivity contribution in [3.05, 3.63) is 21.6 Å². The van der Waals surface area contributed by atoms with Crippen molar-refractivity contribution in [2.45, 2.75) is 12.8 Å². The minimum absolute atomic E-state index is 0.0250. The number of carbonyl (C=O) groups excluding carboxylic acids is 1. The molecule has 2 rings (SSSR count). The van der Waals surface area contributed by atoms with Gasteiger partial charge in [-0.3, -0.25) is 14.9 Å². The SMILES string of the molecule is O=C(NCCNc1nc(Cl)ncc1[N+](=O)[O-])C1CC1. The monoisotopic (exact) mass is 285 g/mol. The van der Waals surface area contributed by atoms with Gasteiger partial charge in [0.05, 0.1) is 4.92 Å². The summed E-state index contributed by atoms with van der Waals surface area (Å²) in [5, 5.41) is 16.2. The van der Waals surface area contributed by atoms with Gasteiger partial charge in [0.25, 0.3) is 0 Å². The number of amides is 1. The van der Waals surface area contributed by atoms with Crippen LogP contribution in [0, 0.1) is 16.0 Å². The Kier molecular flexibility index (Phi) is 4.10. The highest BCUT2D eigenvalue weighted by atomic mass is 35.5. The maximum Gasteiger partial charge on any atom is 0.329 e. The Morgan fingerprint density at radius 1 is 1.53 bits per heavy atom. The van der Waals surface area contributed by atoms with Gasteiger partial charge in [0.2, 0.25) is 17.0 Å². The van der Waals surface area contributed by atoms with Crippen LogP contribution in [0.4, 0.5) is 11.5 Å². The van der Waals surface area contributed by atoms with Gasteiger partial charge in [-0.1, -0.05) is 0 Å². The molecule has 0 unspecified atom stereocenters. The minimum atomic E-state index is -0.596. The molecule has 1 amide bonds. The number of rotatable bonds is 6. The van der Waals surface area contributed by atoms with E-state index in [0.29, 0.717) is 13.1 Å². The second-order valence-electron chi connectivity index (χ2n) is 4.12. The van der Waals surface area contributed by atoms with Gasteiger partial charge in [-0.05, 0) is 24.4 Å². The van der Waals surface area contributed by atoms with Crippen molar-refractivity contribution in [1.82, 2.24) is 15.3 Å². The van der Waals surface area contributed by atoms with Crippen molar-refractivity contribution in [3.8, 4) is 0 Å². The summed E-state index contributed by atoms with van der Waals surface area (Å²) in [6, 6.07) is 0. The summed E-state index contributed by atoms with van der Waals surface area (Å²) in [6.07, 6.45) is 2.92. The van der Waals surface area contributed by atoms with Crippen molar-refractivity contribution in [1.29, 1.82) is 0 Å². The van der Waals surface area contributed by atoms with Gasteiger partial charge >= 0.3 is 5.69 Å². The zero-order valence-electron chi connectivity index (χ0n) is 9.93. The normalized spacial score (nSPS) is 13.9. The Bertz CT molecular complexity index is 506. The van der Waals surface area contributed by atoms with Crippen LogP contribution < -0.4 is 10.6 Å². The van der Waals surface area contributed by atoms with Crippen LogP contribution >= 0.6 is 11.6 Å². The molecule has 0 saturated heterocycles. The van der Waals surface area contributed by atoms with Crippen molar-refractivity contribution in [3.63, 3.8) is 0 Å². The number of carbonyl (C=O) groups is 1. The Labute approximate surface area is 113 Å². The van der Waals surface area contributed by atoms with Crippen LogP contribution in [0.1, 0.15) is 12.8 Å². The molecule has 102 valence electrons. The molecule has 1 aromatic rings. The lowest BCUT2D eigenvalue weighted by molar-refractivity contribution is -0.384. The summed E-state index contributed by atoms with van der Waals surface area (Å²) in [6.45, 7) is 0.695. The van der Waals surface area contributed by atoms with E-state index in [1.807, 2.05) is 0 Å². The van der Waals surface area contributed by atoms with Crippen molar-refractivity contribution in [2.24, 2.45) is 5.92 Å². The van der Waals surface area contributed by atoms with Gasteiger partial charge < -0.3 is 10.6 Å². The van der Waals surface area contributed by atoms with Crippen LogP contribution in [-0.4, -0.2) is 33.9 Å². The highest BCUT2D eigenvalue weighted by Gasteiger charge is 2.29. The molecule has 2 N–H and O–H groups in total. The largest absolute Gasteiger partial charge is 0.362 e. The average Bonchev–Trinajstić information content (AvgIpc) is 3.18. The van der Waals surface area contributed by atoms with E-state index in [0.717, 1.165) is 19.0 Å². The molecular formula is C10H12ClN5O3. The predicted octanol–water partition coefficient (Wildman–Crippen LogP) is 0.976. The Morgan fingerprint density at radius 2 is 2.26 bits per heavy atom. The molecule has 0 spiro atoms. The minimum Gasteiger partial charge on any atom is -0.362 e. The van der Waals surface area contributed by atoms with Crippen LogP contribution in [0.25, 0.3) is 0 Å². The Balaban J connectivity index is 1.85. The number of anilines is 1. The number of halogens is 1. The first-order chi connectivity index (χ1) is 9.08. The van der Waals surface area contributed by atoms with E-state index >= 15 is 0 Å². The summed E-state index contributed by atoms with van der Waals surface area (Å²) in [5.74, 6) is 0.213. The average molecular weight is 286 g/mol. The zero-order valence-corrected chi connectivity index (χ0v) is 10.7. The van der Waals surface area contributed by atoms with Crippen LogP contribution in [0.5, 0.6) is 0 Å². The van der Waals surface area contributed by atoms with Crippen LogP contribution in [0.2, 0.25) is 5.28 Å². The topological polar surface area (TPSA) is 110 Å². The first-order valence-electron chi connectivity index (χ1n) is 5.76. The Morgan fingerprint density at radius 3 is 2.89 bits per heavy atom. The highest BCUT2D eigenvalue weighted by molar-refractivity contribution is 6.28. The van der Waals surface area contributed by atoms with Gasteiger partial charge in [-0.15, -0.1) is 0 Å². The molecule has 1 saturated carbocycles. The van der Waals surface area contributed by atoms with Gasteiger partial charge in [-0.2, -0.15) is 4.98 Å². The lowest BCUT2D eigenvalue weighted by Gasteiger charge is -2.07. The fourth-order valence-electron chi connectivity index (χ4n) is 1.47. The second-order valence-corrected chi connectivity index (χ2v) is 4.46. The van der Waals surface area contributed by atoms with Crippen LogP contribution in [-0.2, 0) is 4.79 Å². The summed E-state index contributed by atoms with van der Waals surface area (Å²) in [7, 11) is 0. The van der Waals surface area contributed by atoms with Gasteiger partial charge in [0, 0.05) is 19.0 Å². The first-order valence-corrected chi connectivity index (χ1v) is 6.14. The van der Waals surface area contributed by atoms with Crippen LogP contribution in [0.15, 0.2) is 6.20 Å². The molecule has 19 heavy (non-hydrogen) atoms. The van der Waals surface area contributed by atoms with Crippen molar-refractivity contribution in [2.75, 3.05) is 18.4 Å². The Hall–Kier alpha value is -1.96. The molecule has 0 radical (unpaired) electrons. The van der Waals surface area contributed by atoms with E-state index in [9.17, 15) is 14.9 Å². The standard InChI is InChI=1S/C10H12ClN5O3/c11-10-14-5-7(16(18)19)8(15-10)12-3-4-13-9(17)6-1-2-6/h5-6H,1-4H2,(H,13,17)(H,12,14,15). The summed E-state index contributed by atoms with van der Waals surface area (Å²) in [5.41, 5.74) is -0.252. The summed E-state index contributed by atoms with van der Waals surface area (Å²) in [4.78, 5) is 28.8. The molecule has 0 aliphatic heterocycles. The van der Waals surface area contributed by atoms with E-state index in [1.165, 1.54) is 0 Å². The molecule has 9 heteroatoms. The number of aromatic nitrogens is 2. The number of nitrogens with zero attached hydrogens (tertiary/aromatic N) is 3. The predicted molar refractivity (Wildman–Crippen MR) is 67.9 cm³/mol. The summed E-state index contributed by atoms with van der Waals surface area (Å²) >= 11 is 5.58. The van der Waals surface area contributed by atoms with Gasteiger partial charge in [-0.25, -0.2) is 4.98 Å². The third kappa shape index (κ3) is 3.75. The van der Waals surface area contributed by atoms with Crippen molar-refractivity contribution < 1.29 is 9.72 Å². The second kappa shape index (κ2) is 5.79. The number of nitrogens with one attached hydrogen (secondary N) is 2. The third-order valence-electron chi connectivity index (χ3n) is 2.60. The zero-order chi connectivity index (χ0) is 13.8. The van der Waals surface area contributed by atoms with Crippen molar-refractivity contribution >= 4 is 29.0 Å². The van der Waals surface area contributed by atoms with Crippen LogP contribution in [0.3, 0.4) is 0 Å². The van der Waals surface area contributed by atoms with E-state index in [4.69, 9.17) is 11.6 Å². The number of hydrogen-bond donors (Lipinski definition) is 2. The quantitative estimate of drug-likeness (QED) is 0.349. The first kappa shape index (κ1) is 13.5. The highest BCUT2D eigenvalue weighted by Crippen LogP contribution is 2.28. The van der Waals surface area contributed by atoms with E-state index in [-0.39, 0.29) is 28.6 Å². The molecule has 1 aliphatic rings. The fourth-order valence-corrected chi connectivity index (χ4v) is 1.61. The van der Waals surface area contributed by atoms with E-state index in [2.05, 4.69) is 20.6 Å². The molecule has 1 aromatic heterocycles. The molecular weight excluding hydrogens is 274 g/mol. The molecule has 1 heterocycles. The molecule has 1 aliphatic carbocycles. The maximum atomic E-state index is 11.4. The van der Waals surface area contributed by atoms with E-state index in [1.54, 1.807) is 0 Å². The smallest absolute Gasteiger partial charge is 0.329 e. The molecule has 0 bridgehead atoms. The summed E-state index contributed by atoms with van der Waals surface area (Å²) < 4.78 is 0. The molecule has 1 fully saturated rings.